The van der Waals surface area contributed by atoms with Crippen LogP contribution in [0.4, 0.5) is 0 Å². The van der Waals surface area contributed by atoms with Crippen LogP contribution in [0.5, 0.6) is 0 Å². The van der Waals surface area contributed by atoms with E-state index in [0.29, 0.717) is 6.10 Å². The number of ether oxygens (including phenoxy) is 1. The van der Waals surface area contributed by atoms with Crippen LogP contribution in [-0.4, -0.2) is 59.8 Å². The number of hydrogen-bond donors (Lipinski definition) is 0. The Morgan fingerprint density at radius 1 is 1.26 bits per heavy atom. The number of hydrogen-bond acceptors (Lipinski definition) is 4. The molecule has 2 aliphatic rings. The van der Waals surface area contributed by atoms with Gasteiger partial charge in [0.15, 0.2) is 0 Å². The minimum absolute atomic E-state index is 0.0648. The molecule has 2 heterocycles. The quantitative estimate of drug-likeness (QED) is 0.781. The van der Waals surface area contributed by atoms with Crippen LogP contribution in [0, 0.1) is 11.3 Å². The van der Waals surface area contributed by atoms with Crippen molar-refractivity contribution in [3.8, 4) is 6.07 Å². The summed E-state index contributed by atoms with van der Waals surface area (Å²) >= 11 is 0. The zero-order chi connectivity index (χ0) is 14.1. The van der Waals surface area contributed by atoms with Crippen LogP contribution in [0.1, 0.15) is 40.5 Å². The Morgan fingerprint density at radius 3 is 2.37 bits per heavy atom. The first-order valence-electron chi connectivity index (χ1n) is 7.39. The Balaban J connectivity index is 1.77. The van der Waals surface area contributed by atoms with Gasteiger partial charge in [0.1, 0.15) is 5.54 Å². The van der Waals surface area contributed by atoms with Crippen LogP contribution < -0.4 is 0 Å². The highest BCUT2D eigenvalue weighted by atomic mass is 16.5. The maximum absolute atomic E-state index is 9.17. The maximum atomic E-state index is 9.17. The number of piperazine rings is 1. The van der Waals surface area contributed by atoms with E-state index in [1.807, 2.05) is 13.8 Å². The second-order valence-corrected chi connectivity index (χ2v) is 7.00. The molecule has 19 heavy (non-hydrogen) atoms. The van der Waals surface area contributed by atoms with Crippen LogP contribution in [0.2, 0.25) is 0 Å². The van der Waals surface area contributed by atoms with Crippen LogP contribution >= 0.6 is 0 Å². The topological polar surface area (TPSA) is 39.5 Å². The zero-order valence-corrected chi connectivity index (χ0v) is 12.8. The standard InChI is InChI=1S/C15H27N3O/c1-14(2,12-16)18-9-7-17(8-10-18)11-13-5-6-15(3,4)19-13/h13H,5-11H2,1-4H3. The van der Waals surface area contributed by atoms with E-state index < -0.39 is 0 Å². The molecule has 0 aliphatic carbocycles. The van der Waals surface area contributed by atoms with E-state index >= 15 is 0 Å². The molecule has 4 nitrogen and oxygen atoms in total. The van der Waals surface area contributed by atoms with Gasteiger partial charge in [0.05, 0.1) is 17.8 Å². The third-order valence-electron chi connectivity index (χ3n) is 4.45. The Kier molecular flexibility index (Phi) is 4.20. The molecular weight excluding hydrogens is 238 g/mol. The van der Waals surface area contributed by atoms with E-state index in [0.717, 1.165) is 32.7 Å². The predicted octanol–water partition coefficient (Wildman–Crippen LogP) is 1.86. The lowest BCUT2D eigenvalue weighted by molar-refractivity contribution is -0.0361. The molecule has 0 spiro atoms. The Bertz CT molecular complexity index is 351. The Hall–Kier alpha value is -0.630. The summed E-state index contributed by atoms with van der Waals surface area (Å²) in [5, 5.41) is 9.17. The molecule has 0 aromatic heterocycles. The lowest BCUT2D eigenvalue weighted by atomic mass is 10.0. The molecule has 1 unspecified atom stereocenters. The number of nitriles is 1. The highest BCUT2D eigenvalue weighted by Gasteiger charge is 2.34. The average molecular weight is 265 g/mol. The van der Waals surface area contributed by atoms with E-state index in [-0.39, 0.29) is 11.1 Å². The van der Waals surface area contributed by atoms with Crippen molar-refractivity contribution in [3.05, 3.63) is 0 Å². The molecule has 108 valence electrons. The van der Waals surface area contributed by atoms with E-state index in [4.69, 9.17) is 4.74 Å². The van der Waals surface area contributed by atoms with Gasteiger partial charge in [-0.2, -0.15) is 5.26 Å². The third-order valence-corrected chi connectivity index (χ3v) is 4.45. The summed E-state index contributed by atoms with van der Waals surface area (Å²) in [7, 11) is 0. The largest absolute Gasteiger partial charge is 0.371 e. The van der Waals surface area contributed by atoms with Gasteiger partial charge in [-0.1, -0.05) is 0 Å². The lowest BCUT2D eigenvalue weighted by Crippen LogP contribution is -2.55. The van der Waals surface area contributed by atoms with Gasteiger partial charge < -0.3 is 4.74 Å². The number of rotatable bonds is 3. The van der Waals surface area contributed by atoms with E-state index in [2.05, 4.69) is 29.7 Å². The summed E-state index contributed by atoms with van der Waals surface area (Å²) in [5.41, 5.74) is -0.271. The molecule has 2 rings (SSSR count). The molecule has 4 heteroatoms. The first-order chi connectivity index (χ1) is 8.82. The van der Waals surface area contributed by atoms with Gasteiger partial charge in [0.2, 0.25) is 0 Å². The second-order valence-electron chi connectivity index (χ2n) is 7.00. The van der Waals surface area contributed by atoms with Gasteiger partial charge >= 0.3 is 0 Å². The first-order valence-corrected chi connectivity index (χ1v) is 7.39. The highest BCUT2D eigenvalue weighted by molar-refractivity contribution is 5.03. The van der Waals surface area contributed by atoms with Crippen molar-refractivity contribution in [1.82, 2.24) is 9.80 Å². The SMILES string of the molecule is CC1(C)CCC(CN2CCN(C(C)(C)C#N)CC2)O1. The molecule has 0 amide bonds. The second kappa shape index (κ2) is 5.40. The average Bonchev–Trinajstić information content (AvgIpc) is 2.69. The van der Waals surface area contributed by atoms with Crippen molar-refractivity contribution in [1.29, 1.82) is 5.26 Å². The summed E-state index contributed by atoms with van der Waals surface area (Å²) < 4.78 is 6.06. The fourth-order valence-corrected chi connectivity index (χ4v) is 3.05. The highest BCUT2D eigenvalue weighted by Crippen LogP contribution is 2.30. The van der Waals surface area contributed by atoms with Gasteiger partial charge in [-0.25, -0.2) is 0 Å². The van der Waals surface area contributed by atoms with Gasteiger partial charge in [-0.15, -0.1) is 0 Å². The van der Waals surface area contributed by atoms with Gasteiger partial charge in [-0.05, 0) is 40.5 Å². The third kappa shape index (κ3) is 3.68. The first kappa shape index (κ1) is 14.8. The summed E-state index contributed by atoms with van der Waals surface area (Å²) in [4.78, 5) is 4.76. The van der Waals surface area contributed by atoms with Crippen molar-refractivity contribution >= 4 is 0 Å². The van der Waals surface area contributed by atoms with Crippen LogP contribution in [-0.2, 0) is 4.74 Å². The Labute approximate surface area is 117 Å². The van der Waals surface area contributed by atoms with Crippen molar-refractivity contribution in [2.75, 3.05) is 32.7 Å². The molecule has 0 aromatic carbocycles. The van der Waals surface area contributed by atoms with E-state index in [9.17, 15) is 5.26 Å². The molecule has 0 radical (unpaired) electrons. The molecule has 0 bridgehead atoms. The summed E-state index contributed by atoms with van der Waals surface area (Å²) in [6.07, 6.45) is 2.74. The molecule has 0 aromatic rings. The maximum Gasteiger partial charge on any atom is 0.103 e. The minimum Gasteiger partial charge on any atom is -0.371 e. The van der Waals surface area contributed by atoms with Crippen LogP contribution in [0.3, 0.4) is 0 Å². The van der Waals surface area contributed by atoms with Crippen LogP contribution in [0.25, 0.3) is 0 Å². The monoisotopic (exact) mass is 265 g/mol. The molecule has 0 N–H and O–H groups in total. The molecule has 2 fully saturated rings. The fraction of sp³-hybridized carbons (Fsp3) is 0.933. The summed E-state index contributed by atoms with van der Waals surface area (Å²) in [5.74, 6) is 0. The fourth-order valence-electron chi connectivity index (χ4n) is 3.05. The normalized spacial score (nSPS) is 29.3. The molecule has 0 saturated carbocycles. The lowest BCUT2D eigenvalue weighted by Gasteiger charge is -2.41. The van der Waals surface area contributed by atoms with Crippen molar-refractivity contribution in [2.45, 2.75) is 57.8 Å². The van der Waals surface area contributed by atoms with Gasteiger partial charge in [0, 0.05) is 32.7 Å². The minimum atomic E-state index is -0.335. The smallest absolute Gasteiger partial charge is 0.103 e. The number of nitrogens with zero attached hydrogens (tertiary/aromatic N) is 3. The van der Waals surface area contributed by atoms with Crippen molar-refractivity contribution in [2.24, 2.45) is 0 Å². The predicted molar refractivity (Wildman–Crippen MR) is 75.9 cm³/mol. The van der Waals surface area contributed by atoms with Crippen molar-refractivity contribution < 1.29 is 4.74 Å². The van der Waals surface area contributed by atoms with E-state index in [1.165, 1.54) is 12.8 Å². The van der Waals surface area contributed by atoms with Crippen LogP contribution in [0.15, 0.2) is 0 Å². The van der Waals surface area contributed by atoms with Gasteiger partial charge in [0.25, 0.3) is 0 Å². The zero-order valence-electron chi connectivity index (χ0n) is 12.8. The molecular formula is C15H27N3O. The van der Waals surface area contributed by atoms with Crippen molar-refractivity contribution in [3.63, 3.8) is 0 Å². The van der Waals surface area contributed by atoms with Gasteiger partial charge in [-0.3, -0.25) is 9.80 Å². The summed E-state index contributed by atoms with van der Waals surface area (Å²) in [6.45, 7) is 13.5. The summed E-state index contributed by atoms with van der Waals surface area (Å²) in [6, 6.07) is 2.39. The molecule has 1 atom stereocenters. The Morgan fingerprint density at radius 2 is 1.89 bits per heavy atom. The molecule has 2 aliphatic heterocycles. The molecule has 2 saturated heterocycles. The van der Waals surface area contributed by atoms with E-state index in [1.54, 1.807) is 0 Å².